The third kappa shape index (κ3) is 2.78. The van der Waals surface area contributed by atoms with Crippen LogP contribution in [0.4, 0.5) is 11.6 Å². The van der Waals surface area contributed by atoms with Crippen LogP contribution in [0.15, 0.2) is 41.1 Å². The van der Waals surface area contributed by atoms with Crippen molar-refractivity contribution < 1.29 is 13.9 Å². The van der Waals surface area contributed by atoms with Crippen LogP contribution in [-0.4, -0.2) is 47.4 Å². The minimum absolute atomic E-state index is 0.0539. The standard InChI is InChI=1S/C19H19N5O3/c25-15-11-13(12-3-1-5-20-19(12)24-6-9-26-10-7-24)16-17(14-4-2-8-27-14)22-23-18(16)21-15/h1-5,8,13H,6-7,9-11H2,(H2,21,22,23,25)/t13-/m0/s1. The molecule has 1 saturated heterocycles. The number of hydrogen-bond acceptors (Lipinski definition) is 6. The minimum atomic E-state index is -0.154. The number of amides is 1. The number of ether oxygens (including phenoxy) is 1. The van der Waals surface area contributed by atoms with Crippen molar-refractivity contribution in [1.29, 1.82) is 0 Å². The lowest BCUT2D eigenvalue weighted by Gasteiger charge is -2.32. The molecule has 3 aromatic heterocycles. The van der Waals surface area contributed by atoms with Crippen LogP contribution in [0.1, 0.15) is 23.5 Å². The van der Waals surface area contributed by atoms with E-state index >= 15 is 0 Å². The Balaban J connectivity index is 1.63. The predicted octanol–water partition coefficient (Wildman–Crippen LogP) is 2.38. The molecule has 138 valence electrons. The first kappa shape index (κ1) is 16.1. The largest absolute Gasteiger partial charge is 0.463 e. The number of H-pyrrole nitrogens is 1. The lowest BCUT2D eigenvalue weighted by atomic mass is 9.85. The van der Waals surface area contributed by atoms with Crippen molar-refractivity contribution in [1.82, 2.24) is 15.2 Å². The second kappa shape index (κ2) is 6.55. The second-order valence-corrected chi connectivity index (χ2v) is 6.66. The number of aromatic nitrogens is 3. The number of fused-ring (bicyclic) bond motifs is 1. The summed E-state index contributed by atoms with van der Waals surface area (Å²) in [5, 5.41) is 10.2. The van der Waals surface area contributed by atoms with E-state index in [1.54, 1.807) is 12.5 Å². The van der Waals surface area contributed by atoms with Crippen molar-refractivity contribution >= 4 is 17.5 Å². The lowest BCUT2D eigenvalue weighted by Crippen LogP contribution is -2.38. The van der Waals surface area contributed by atoms with E-state index in [1.165, 1.54) is 0 Å². The van der Waals surface area contributed by atoms with Crippen LogP contribution < -0.4 is 10.2 Å². The number of anilines is 2. The molecule has 3 aromatic rings. The van der Waals surface area contributed by atoms with E-state index in [1.807, 2.05) is 24.3 Å². The van der Waals surface area contributed by atoms with Crippen molar-refractivity contribution in [2.45, 2.75) is 12.3 Å². The highest BCUT2D eigenvalue weighted by molar-refractivity contribution is 5.96. The van der Waals surface area contributed by atoms with Gasteiger partial charge < -0.3 is 19.4 Å². The molecule has 27 heavy (non-hydrogen) atoms. The van der Waals surface area contributed by atoms with Crippen LogP contribution in [0.2, 0.25) is 0 Å². The van der Waals surface area contributed by atoms with Gasteiger partial charge >= 0.3 is 0 Å². The number of furan rings is 1. The van der Waals surface area contributed by atoms with E-state index < -0.39 is 0 Å². The van der Waals surface area contributed by atoms with Crippen molar-refractivity contribution in [3.8, 4) is 11.5 Å². The molecule has 0 aromatic carbocycles. The molecule has 0 spiro atoms. The van der Waals surface area contributed by atoms with Gasteiger partial charge in [-0.3, -0.25) is 9.89 Å². The van der Waals surface area contributed by atoms with Crippen molar-refractivity contribution in [3.05, 3.63) is 47.9 Å². The molecule has 0 bridgehead atoms. The summed E-state index contributed by atoms with van der Waals surface area (Å²) in [6, 6.07) is 7.68. The third-order valence-corrected chi connectivity index (χ3v) is 5.07. The Bertz CT molecular complexity index is 960. The third-order valence-electron chi connectivity index (χ3n) is 5.07. The van der Waals surface area contributed by atoms with Crippen molar-refractivity contribution in [3.63, 3.8) is 0 Å². The molecule has 2 N–H and O–H groups in total. The maximum absolute atomic E-state index is 12.4. The van der Waals surface area contributed by atoms with E-state index in [9.17, 15) is 4.79 Å². The summed E-state index contributed by atoms with van der Waals surface area (Å²) in [7, 11) is 0. The molecule has 1 atom stereocenters. The van der Waals surface area contributed by atoms with Gasteiger partial charge in [-0.05, 0) is 18.2 Å². The smallest absolute Gasteiger partial charge is 0.226 e. The molecule has 0 saturated carbocycles. The topological polar surface area (TPSA) is 96.3 Å². The fourth-order valence-corrected chi connectivity index (χ4v) is 3.85. The van der Waals surface area contributed by atoms with E-state index in [0.717, 1.165) is 35.7 Å². The van der Waals surface area contributed by atoms with E-state index in [2.05, 4.69) is 25.4 Å². The second-order valence-electron chi connectivity index (χ2n) is 6.66. The molecule has 0 aliphatic carbocycles. The van der Waals surface area contributed by atoms with Crippen molar-refractivity contribution in [2.24, 2.45) is 0 Å². The first-order valence-electron chi connectivity index (χ1n) is 9.01. The summed E-state index contributed by atoms with van der Waals surface area (Å²) in [5.41, 5.74) is 2.74. The zero-order chi connectivity index (χ0) is 18.2. The molecule has 1 amide bonds. The van der Waals surface area contributed by atoms with Gasteiger partial charge in [0.2, 0.25) is 5.91 Å². The van der Waals surface area contributed by atoms with Crippen LogP contribution in [-0.2, 0) is 9.53 Å². The number of morpholine rings is 1. The van der Waals surface area contributed by atoms with Gasteiger partial charge in [-0.2, -0.15) is 5.10 Å². The van der Waals surface area contributed by atoms with Crippen LogP contribution in [0.5, 0.6) is 0 Å². The van der Waals surface area contributed by atoms with E-state index in [4.69, 9.17) is 9.15 Å². The maximum Gasteiger partial charge on any atom is 0.226 e. The summed E-state index contributed by atoms with van der Waals surface area (Å²) in [5.74, 6) is 1.94. The summed E-state index contributed by atoms with van der Waals surface area (Å²) < 4.78 is 11.0. The maximum atomic E-state index is 12.4. The molecule has 2 aliphatic rings. The highest BCUT2D eigenvalue weighted by atomic mass is 16.5. The van der Waals surface area contributed by atoms with E-state index in [-0.39, 0.29) is 11.8 Å². The molecule has 8 heteroatoms. The number of rotatable bonds is 3. The SMILES string of the molecule is O=C1C[C@@H](c2cccnc2N2CCOCC2)c2c(n[nH]c2-c2ccco2)N1. The molecule has 1 fully saturated rings. The fraction of sp³-hybridized carbons (Fsp3) is 0.316. The number of nitrogens with one attached hydrogen (secondary N) is 2. The number of nitrogens with zero attached hydrogens (tertiary/aromatic N) is 3. The summed E-state index contributed by atoms with van der Waals surface area (Å²) in [4.78, 5) is 19.2. The quantitative estimate of drug-likeness (QED) is 0.740. The fourth-order valence-electron chi connectivity index (χ4n) is 3.85. The van der Waals surface area contributed by atoms with Crippen LogP contribution in [0.3, 0.4) is 0 Å². The number of aromatic amines is 1. The molecule has 5 heterocycles. The van der Waals surface area contributed by atoms with Gasteiger partial charge in [-0.15, -0.1) is 0 Å². The van der Waals surface area contributed by atoms with Gasteiger partial charge in [0.25, 0.3) is 0 Å². The molecule has 0 radical (unpaired) electrons. The van der Waals surface area contributed by atoms with E-state index in [0.29, 0.717) is 31.2 Å². The Labute approximate surface area is 155 Å². The average Bonchev–Trinajstić information content (AvgIpc) is 3.37. The Kier molecular flexibility index (Phi) is 3.90. The highest BCUT2D eigenvalue weighted by Gasteiger charge is 2.35. The molecule has 5 rings (SSSR count). The molecule has 0 unspecified atom stereocenters. The van der Waals surface area contributed by atoms with Crippen LogP contribution >= 0.6 is 0 Å². The molecular weight excluding hydrogens is 346 g/mol. The Hall–Kier alpha value is -3.13. The Morgan fingerprint density at radius 2 is 2.07 bits per heavy atom. The monoisotopic (exact) mass is 365 g/mol. The highest BCUT2D eigenvalue weighted by Crippen LogP contribution is 2.44. The summed E-state index contributed by atoms with van der Waals surface area (Å²) in [6.45, 7) is 2.92. The van der Waals surface area contributed by atoms with Gasteiger partial charge in [-0.1, -0.05) is 6.07 Å². The zero-order valence-electron chi connectivity index (χ0n) is 14.6. The number of carbonyl (C=O) groups is 1. The van der Waals surface area contributed by atoms with Crippen molar-refractivity contribution in [2.75, 3.05) is 36.5 Å². The first-order valence-corrected chi connectivity index (χ1v) is 9.01. The normalized spacial score (nSPS) is 19.6. The van der Waals surface area contributed by atoms with Gasteiger partial charge in [0.15, 0.2) is 11.6 Å². The lowest BCUT2D eigenvalue weighted by molar-refractivity contribution is -0.116. The Morgan fingerprint density at radius 1 is 1.19 bits per heavy atom. The van der Waals surface area contributed by atoms with Gasteiger partial charge in [0.1, 0.15) is 11.5 Å². The van der Waals surface area contributed by atoms with Crippen LogP contribution in [0, 0.1) is 0 Å². The predicted molar refractivity (Wildman–Crippen MR) is 98.6 cm³/mol. The molecular formula is C19H19N5O3. The zero-order valence-corrected chi connectivity index (χ0v) is 14.6. The number of pyridine rings is 1. The summed E-state index contributed by atoms with van der Waals surface area (Å²) >= 11 is 0. The first-order chi connectivity index (χ1) is 13.3. The number of carbonyl (C=O) groups excluding carboxylic acids is 1. The Morgan fingerprint density at radius 3 is 2.89 bits per heavy atom. The van der Waals surface area contributed by atoms with Crippen LogP contribution in [0.25, 0.3) is 11.5 Å². The number of hydrogen-bond donors (Lipinski definition) is 2. The summed E-state index contributed by atoms with van der Waals surface area (Å²) in [6.07, 6.45) is 3.76. The minimum Gasteiger partial charge on any atom is -0.463 e. The van der Waals surface area contributed by atoms with Gasteiger partial charge in [0.05, 0.1) is 19.5 Å². The molecule has 2 aliphatic heterocycles. The average molecular weight is 365 g/mol. The van der Waals surface area contributed by atoms with Gasteiger partial charge in [0, 0.05) is 42.8 Å². The molecule has 8 nitrogen and oxygen atoms in total. The van der Waals surface area contributed by atoms with Gasteiger partial charge in [-0.25, -0.2) is 4.98 Å².